The summed E-state index contributed by atoms with van der Waals surface area (Å²) in [5, 5.41) is 0.934. The third-order valence-corrected chi connectivity index (χ3v) is 3.86. The second-order valence-electron chi connectivity index (χ2n) is 3.93. The fourth-order valence-corrected chi connectivity index (χ4v) is 2.93. The molecule has 0 fully saturated rings. The molecule has 5 nitrogen and oxygen atoms in total. The zero-order valence-corrected chi connectivity index (χ0v) is 11.9. The smallest absolute Gasteiger partial charge is 0.215 e. The zero-order valence-electron chi connectivity index (χ0n) is 10.2. The van der Waals surface area contributed by atoms with Gasteiger partial charge in [-0.25, -0.2) is 13.1 Å². The van der Waals surface area contributed by atoms with Gasteiger partial charge >= 0.3 is 0 Å². The number of sulfonamides is 1. The van der Waals surface area contributed by atoms with Gasteiger partial charge < -0.3 is 5.73 Å². The van der Waals surface area contributed by atoms with Gasteiger partial charge in [-0.3, -0.25) is 4.98 Å². The van der Waals surface area contributed by atoms with Gasteiger partial charge in [-0.2, -0.15) is 0 Å². The van der Waals surface area contributed by atoms with Crippen molar-refractivity contribution < 1.29 is 8.42 Å². The first-order chi connectivity index (χ1) is 8.62. The zero-order chi connectivity index (χ0) is 13.0. The summed E-state index contributed by atoms with van der Waals surface area (Å²) in [4.78, 5) is 4.23. The van der Waals surface area contributed by atoms with Crippen LogP contribution in [-0.2, 0) is 15.8 Å². The number of para-hydroxylation sites is 1. The van der Waals surface area contributed by atoms with Crippen LogP contribution >= 0.6 is 12.4 Å². The minimum absolute atomic E-state index is 0. The molecule has 19 heavy (non-hydrogen) atoms. The van der Waals surface area contributed by atoms with E-state index in [0.29, 0.717) is 5.56 Å². The molecule has 2 rings (SSSR count). The molecule has 0 bridgehead atoms. The van der Waals surface area contributed by atoms with Gasteiger partial charge in [0.25, 0.3) is 0 Å². The van der Waals surface area contributed by atoms with Crippen LogP contribution in [-0.4, -0.2) is 26.5 Å². The number of fused-ring (bicyclic) bond motifs is 1. The van der Waals surface area contributed by atoms with Crippen LogP contribution < -0.4 is 10.5 Å². The fraction of sp³-hybridized carbons (Fsp3) is 0.250. The van der Waals surface area contributed by atoms with E-state index in [1.807, 2.05) is 24.3 Å². The van der Waals surface area contributed by atoms with Crippen LogP contribution in [0, 0.1) is 0 Å². The van der Waals surface area contributed by atoms with E-state index < -0.39 is 10.0 Å². The summed E-state index contributed by atoms with van der Waals surface area (Å²) in [6, 6.07) is 9.25. The summed E-state index contributed by atoms with van der Waals surface area (Å²) in [5.41, 5.74) is 6.69. The fourth-order valence-electron chi connectivity index (χ4n) is 1.75. The van der Waals surface area contributed by atoms with Gasteiger partial charge in [0.2, 0.25) is 10.0 Å². The Hall–Kier alpha value is -1.21. The maximum atomic E-state index is 11.8. The molecule has 104 valence electrons. The van der Waals surface area contributed by atoms with E-state index in [1.165, 1.54) is 0 Å². The van der Waals surface area contributed by atoms with E-state index in [2.05, 4.69) is 9.71 Å². The van der Waals surface area contributed by atoms with Crippen molar-refractivity contribution in [3.8, 4) is 0 Å². The lowest BCUT2D eigenvalue weighted by Gasteiger charge is -2.07. The third-order valence-electron chi connectivity index (χ3n) is 2.53. The lowest BCUT2D eigenvalue weighted by Crippen LogP contribution is -2.30. The summed E-state index contributed by atoms with van der Waals surface area (Å²) < 4.78 is 26.1. The number of hydrogen-bond donors (Lipinski definition) is 2. The molecule has 7 heteroatoms. The largest absolute Gasteiger partial charge is 0.329 e. The van der Waals surface area contributed by atoms with E-state index in [0.717, 1.165) is 10.9 Å². The monoisotopic (exact) mass is 301 g/mol. The first-order valence-electron chi connectivity index (χ1n) is 5.62. The molecule has 0 aliphatic rings. The first kappa shape index (κ1) is 15.8. The molecule has 3 N–H and O–H groups in total. The SMILES string of the molecule is Cl.NCCNS(=O)(=O)Cc1cccc2cccnc12. The molecule has 0 saturated heterocycles. The summed E-state index contributed by atoms with van der Waals surface area (Å²) in [6.45, 7) is 0.535. The number of pyridine rings is 1. The van der Waals surface area contributed by atoms with Gasteiger partial charge in [0.1, 0.15) is 0 Å². The maximum Gasteiger partial charge on any atom is 0.215 e. The average Bonchev–Trinajstić information content (AvgIpc) is 2.37. The number of rotatable bonds is 5. The van der Waals surface area contributed by atoms with Crippen LogP contribution in [0.15, 0.2) is 36.5 Å². The topological polar surface area (TPSA) is 85.1 Å². The molecule has 1 heterocycles. The van der Waals surface area contributed by atoms with Gasteiger partial charge in [-0.05, 0) is 11.6 Å². The van der Waals surface area contributed by atoms with Crippen molar-refractivity contribution in [3.63, 3.8) is 0 Å². The average molecular weight is 302 g/mol. The van der Waals surface area contributed by atoms with E-state index in [1.54, 1.807) is 12.3 Å². The van der Waals surface area contributed by atoms with Crippen LogP contribution in [0.3, 0.4) is 0 Å². The number of nitrogens with zero attached hydrogens (tertiary/aromatic N) is 1. The summed E-state index contributed by atoms with van der Waals surface area (Å²) >= 11 is 0. The van der Waals surface area contributed by atoms with Crippen LogP contribution in [0.2, 0.25) is 0 Å². The highest BCUT2D eigenvalue weighted by molar-refractivity contribution is 7.88. The Morgan fingerprint density at radius 2 is 1.95 bits per heavy atom. The molecule has 0 radical (unpaired) electrons. The summed E-state index contributed by atoms with van der Waals surface area (Å²) in [6.07, 6.45) is 1.66. The number of nitrogens with two attached hydrogens (primary N) is 1. The first-order valence-corrected chi connectivity index (χ1v) is 7.27. The Bertz CT molecular complexity index is 641. The van der Waals surface area contributed by atoms with E-state index in [4.69, 9.17) is 5.73 Å². The second-order valence-corrected chi connectivity index (χ2v) is 5.74. The minimum atomic E-state index is -3.36. The Labute approximate surface area is 118 Å². The van der Waals surface area contributed by atoms with Crippen molar-refractivity contribution in [1.82, 2.24) is 9.71 Å². The van der Waals surface area contributed by atoms with E-state index in [-0.39, 0.29) is 31.2 Å². The molecule has 0 atom stereocenters. The highest BCUT2D eigenvalue weighted by Crippen LogP contribution is 2.17. The second kappa shape index (κ2) is 6.81. The van der Waals surface area contributed by atoms with Crippen molar-refractivity contribution in [2.75, 3.05) is 13.1 Å². The maximum absolute atomic E-state index is 11.8. The van der Waals surface area contributed by atoms with Gasteiger partial charge in [-0.15, -0.1) is 12.4 Å². The van der Waals surface area contributed by atoms with E-state index >= 15 is 0 Å². The highest BCUT2D eigenvalue weighted by atomic mass is 35.5. The van der Waals surface area contributed by atoms with Gasteiger partial charge in [0.05, 0.1) is 11.3 Å². The molecule has 0 saturated carbocycles. The molecule has 1 aromatic carbocycles. The van der Waals surface area contributed by atoms with Crippen LogP contribution in [0.1, 0.15) is 5.56 Å². The van der Waals surface area contributed by atoms with Gasteiger partial charge in [0.15, 0.2) is 0 Å². The number of hydrogen-bond acceptors (Lipinski definition) is 4. The van der Waals surface area contributed by atoms with Crippen molar-refractivity contribution in [2.45, 2.75) is 5.75 Å². The molecular formula is C12H16ClN3O2S. The predicted octanol–water partition coefficient (Wildman–Crippen LogP) is 1.03. The quantitative estimate of drug-likeness (QED) is 0.864. The number of benzene rings is 1. The predicted molar refractivity (Wildman–Crippen MR) is 78.7 cm³/mol. The van der Waals surface area contributed by atoms with E-state index in [9.17, 15) is 8.42 Å². The Morgan fingerprint density at radius 3 is 2.68 bits per heavy atom. The van der Waals surface area contributed by atoms with Crippen LogP contribution in [0.25, 0.3) is 10.9 Å². The van der Waals surface area contributed by atoms with Crippen LogP contribution in [0.4, 0.5) is 0 Å². The molecule has 2 aromatic rings. The Balaban J connectivity index is 0.00000180. The Morgan fingerprint density at radius 1 is 1.21 bits per heavy atom. The molecule has 0 amide bonds. The standard InChI is InChI=1S/C12H15N3O2S.ClH/c13-6-8-15-18(16,17)9-11-4-1-3-10-5-2-7-14-12(10)11;/h1-5,7,15H,6,8-9,13H2;1H. The van der Waals surface area contributed by atoms with Crippen LogP contribution in [0.5, 0.6) is 0 Å². The van der Waals surface area contributed by atoms with Crippen molar-refractivity contribution in [1.29, 1.82) is 0 Å². The molecule has 1 aromatic heterocycles. The normalized spacial score (nSPS) is 11.2. The highest BCUT2D eigenvalue weighted by Gasteiger charge is 2.13. The lowest BCUT2D eigenvalue weighted by molar-refractivity contribution is 0.581. The molecular weight excluding hydrogens is 286 g/mol. The van der Waals surface area contributed by atoms with Gasteiger partial charge in [0, 0.05) is 24.7 Å². The van der Waals surface area contributed by atoms with Crippen molar-refractivity contribution in [3.05, 3.63) is 42.1 Å². The van der Waals surface area contributed by atoms with Crippen molar-refractivity contribution in [2.24, 2.45) is 5.73 Å². The lowest BCUT2D eigenvalue weighted by atomic mass is 10.1. The van der Waals surface area contributed by atoms with Crippen molar-refractivity contribution >= 4 is 33.3 Å². The number of aromatic nitrogens is 1. The minimum Gasteiger partial charge on any atom is -0.329 e. The molecule has 0 aliphatic heterocycles. The number of halogens is 1. The molecule has 0 aliphatic carbocycles. The molecule has 0 unspecified atom stereocenters. The summed E-state index contributed by atoms with van der Waals surface area (Å²) in [5.74, 6) is -0.0820. The van der Waals surface area contributed by atoms with Gasteiger partial charge in [-0.1, -0.05) is 24.3 Å². The summed E-state index contributed by atoms with van der Waals surface area (Å²) in [7, 11) is -3.36. The third kappa shape index (κ3) is 4.14. The molecule has 0 spiro atoms. The Kier molecular flexibility index (Phi) is 5.68. The number of nitrogens with one attached hydrogen (secondary N) is 1.